The smallest absolute Gasteiger partial charge is 0.108 e. The summed E-state index contributed by atoms with van der Waals surface area (Å²) < 4.78 is 5.28. The van der Waals surface area contributed by atoms with E-state index >= 15 is 0 Å². The Morgan fingerprint density at radius 1 is 1.31 bits per heavy atom. The van der Waals surface area contributed by atoms with Crippen LogP contribution in [0.1, 0.15) is 6.42 Å². The fourth-order valence-electron chi connectivity index (χ4n) is 1.47. The minimum Gasteiger partial charge on any atom is -0.496 e. The van der Waals surface area contributed by atoms with Gasteiger partial charge in [-0.15, -0.1) is 0 Å². The Morgan fingerprint density at radius 3 is 2.69 bits per heavy atom. The van der Waals surface area contributed by atoms with Crippen LogP contribution in [0.25, 0.3) is 0 Å². The van der Waals surface area contributed by atoms with Crippen LogP contribution >= 0.6 is 0 Å². The summed E-state index contributed by atoms with van der Waals surface area (Å²) in [4.78, 5) is 0. The van der Waals surface area contributed by atoms with Crippen LogP contribution in [-0.4, -0.2) is 12.6 Å². The number of hydrogen-bond donors (Lipinski definition) is 1. The third-order valence-corrected chi connectivity index (χ3v) is 2.11. The van der Waals surface area contributed by atoms with Gasteiger partial charge >= 0.3 is 0 Å². The molecule has 0 amide bonds. The van der Waals surface area contributed by atoms with Gasteiger partial charge < -0.3 is 10.1 Å². The van der Waals surface area contributed by atoms with Crippen molar-refractivity contribution in [3.05, 3.63) is 42.7 Å². The SMILES string of the molecule is C=C1CC(Nc2ccccc2)CO1. The Morgan fingerprint density at radius 2 is 2.08 bits per heavy atom. The minimum absolute atomic E-state index is 0.384. The van der Waals surface area contributed by atoms with Crippen molar-refractivity contribution in [3.8, 4) is 0 Å². The largest absolute Gasteiger partial charge is 0.496 e. The number of anilines is 1. The summed E-state index contributed by atoms with van der Waals surface area (Å²) in [6.45, 7) is 4.51. The molecule has 1 aliphatic rings. The van der Waals surface area contributed by atoms with E-state index in [1.54, 1.807) is 0 Å². The second-order valence-electron chi connectivity index (χ2n) is 3.26. The van der Waals surface area contributed by atoms with Gasteiger partial charge in [0.15, 0.2) is 0 Å². The Balaban J connectivity index is 1.96. The molecule has 1 aromatic rings. The third-order valence-electron chi connectivity index (χ3n) is 2.11. The van der Waals surface area contributed by atoms with Gasteiger partial charge in [0.1, 0.15) is 6.61 Å². The molecule has 13 heavy (non-hydrogen) atoms. The van der Waals surface area contributed by atoms with Crippen molar-refractivity contribution in [3.63, 3.8) is 0 Å². The summed E-state index contributed by atoms with van der Waals surface area (Å²) in [5, 5.41) is 3.39. The zero-order valence-corrected chi connectivity index (χ0v) is 7.49. The molecule has 1 N–H and O–H groups in total. The van der Waals surface area contributed by atoms with Crippen LogP contribution in [0.2, 0.25) is 0 Å². The summed E-state index contributed by atoms with van der Waals surface area (Å²) in [7, 11) is 0. The van der Waals surface area contributed by atoms with Crippen LogP contribution in [0.5, 0.6) is 0 Å². The Kier molecular flexibility index (Phi) is 2.21. The average Bonchev–Trinajstić information content (AvgIpc) is 2.53. The van der Waals surface area contributed by atoms with Crippen molar-refractivity contribution in [2.24, 2.45) is 0 Å². The van der Waals surface area contributed by atoms with Gasteiger partial charge in [-0.2, -0.15) is 0 Å². The first-order chi connectivity index (χ1) is 6.34. The van der Waals surface area contributed by atoms with Crippen molar-refractivity contribution in [1.29, 1.82) is 0 Å². The predicted molar refractivity (Wildman–Crippen MR) is 53.6 cm³/mol. The molecule has 1 saturated heterocycles. The molecule has 1 heterocycles. The van der Waals surface area contributed by atoms with Crippen molar-refractivity contribution >= 4 is 5.69 Å². The van der Waals surface area contributed by atoms with E-state index in [-0.39, 0.29) is 0 Å². The van der Waals surface area contributed by atoms with Gasteiger partial charge in [-0.05, 0) is 12.1 Å². The molecule has 1 unspecified atom stereocenters. The summed E-state index contributed by atoms with van der Waals surface area (Å²) in [5.74, 6) is 0.883. The maximum Gasteiger partial charge on any atom is 0.108 e. The van der Waals surface area contributed by atoms with E-state index < -0.39 is 0 Å². The minimum atomic E-state index is 0.384. The van der Waals surface area contributed by atoms with E-state index in [9.17, 15) is 0 Å². The number of rotatable bonds is 2. The topological polar surface area (TPSA) is 21.3 Å². The number of ether oxygens (including phenoxy) is 1. The molecule has 1 fully saturated rings. The summed E-state index contributed by atoms with van der Waals surface area (Å²) in [5.41, 5.74) is 1.14. The van der Waals surface area contributed by atoms with Crippen LogP contribution in [0, 0.1) is 0 Å². The first-order valence-corrected chi connectivity index (χ1v) is 4.47. The summed E-state index contributed by atoms with van der Waals surface area (Å²) in [6.07, 6.45) is 0.912. The highest BCUT2D eigenvalue weighted by atomic mass is 16.5. The first-order valence-electron chi connectivity index (χ1n) is 4.47. The number of hydrogen-bond acceptors (Lipinski definition) is 2. The quantitative estimate of drug-likeness (QED) is 0.745. The van der Waals surface area contributed by atoms with Crippen molar-refractivity contribution in [2.45, 2.75) is 12.5 Å². The van der Waals surface area contributed by atoms with Gasteiger partial charge in [-0.25, -0.2) is 0 Å². The second kappa shape index (κ2) is 3.52. The molecule has 0 aromatic heterocycles. The standard InChI is InChI=1S/C11H13NO/c1-9-7-11(8-13-9)12-10-5-3-2-4-6-10/h2-6,11-12H,1,7-8H2. The molecule has 1 atom stereocenters. The molecule has 0 radical (unpaired) electrons. The molecule has 0 aliphatic carbocycles. The van der Waals surface area contributed by atoms with Crippen molar-refractivity contribution < 1.29 is 4.74 Å². The van der Waals surface area contributed by atoms with Crippen LogP contribution in [-0.2, 0) is 4.74 Å². The molecule has 1 aliphatic heterocycles. The maximum absolute atomic E-state index is 5.28. The Labute approximate surface area is 78.2 Å². The lowest BCUT2D eigenvalue weighted by atomic mass is 10.2. The van der Waals surface area contributed by atoms with Crippen LogP contribution in [0.3, 0.4) is 0 Å². The Hall–Kier alpha value is -1.44. The van der Waals surface area contributed by atoms with Gasteiger partial charge in [0, 0.05) is 12.1 Å². The molecular formula is C11H13NO. The molecule has 0 bridgehead atoms. The van der Waals surface area contributed by atoms with Gasteiger partial charge in [-0.1, -0.05) is 24.8 Å². The highest BCUT2D eigenvalue weighted by Gasteiger charge is 2.18. The van der Waals surface area contributed by atoms with E-state index in [0.717, 1.165) is 24.5 Å². The maximum atomic E-state index is 5.28. The molecule has 2 nitrogen and oxygen atoms in total. The normalized spacial score (nSPS) is 21.2. The van der Waals surface area contributed by atoms with E-state index in [1.807, 2.05) is 18.2 Å². The molecule has 2 heteroatoms. The summed E-state index contributed by atoms with van der Waals surface area (Å²) in [6, 6.07) is 10.5. The van der Waals surface area contributed by atoms with Gasteiger partial charge in [0.25, 0.3) is 0 Å². The van der Waals surface area contributed by atoms with E-state index in [2.05, 4.69) is 24.0 Å². The first kappa shape index (κ1) is 8.17. The lowest BCUT2D eigenvalue weighted by molar-refractivity contribution is 0.260. The zero-order chi connectivity index (χ0) is 9.10. The van der Waals surface area contributed by atoms with Crippen molar-refractivity contribution in [1.82, 2.24) is 0 Å². The highest BCUT2D eigenvalue weighted by Crippen LogP contribution is 2.18. The molecular weight excluding hydrogens is 162 g/mol. The van der Waals surface area contributed by atoms with E-state index in [0.29, 0.717) is 6.04 Å². The van der Waals surface area contributed by atoms with E-state index in [4.69, 9.17) is 4.74 Å². The number of para-hydroxylation sites is 1. The third kappa shape index (κ3) is 2.02. The second-order valence-corrected chi connectivity index (χ2v) is 3.26. The lowest BCUT2D eigenvalue weighted by Gasteiger charge is -2.10. The Bertz CT molecular complexity index is 294. The summed E-state index contributed by atoms with van der Waals surface area (Å²) >= 11 is 0. The van der Waals surface area contributed by atoms with Gasteiger partial charge in [-0.3, -0.25) is 0 Å². The molecule has 68 valence electrons. The van der Waals surface area contributed by atoms with Gasteiger partial charge in [0.2, 0.25) is 0 Å². The average molecular weight is 175 g/mol. The fraction of sp³-hybridized carbons (Fsp3) is 0.273. The fourth-order valence-corrected chi connectivity index (χ4v) is 1.47. The monoisotopic (exact) mass is 175 g/mol. The lowest BCUT2D eigenvalue weighted by Crippen LogP contribution is -2.18. The predicted octanol–water partition coefficient (Wildman–Crippen LogP) is 2.40. The number of nitrogens with one attached hydrogen (secondary N) is 1. The molecule has 0 spiro atoms. The van der Waals surface area contributed by atoms with Crippen molar-refractivity contribution in [2.75, 3.05) is 11.9 Å². The number of benzene rings is 1. The molecule has 1 aromatic carbocycles. The highest BCUT2D eigenvalue weighted by molar-refractivity contribution is 5.43. The van der Waals surface area contributed by atoms with Crippen LogP contribution < -0.4 is 5.32 Å². The van der Waals surface area contributed by atoms with Crippen LogP contribution in [0.15, 0.2) is 42.7 Å². The van der Waals surface area contributed by atoms with Crippen LogP contribution in [0.4, 0.5) is 5.69 Å². The molecule has 0 saturated carbocycles. The van der Waals surface area contributed by atoms with Gasteiger partial charge in [0.05, 0.1) is 11.8 Å². The molecule has 2 rings (SSSR count). The van der Waals surface area contributed by atoms with E-state index in [1.165, 1.54) is 0 Å². The zero-order valence-electron chi connectivity index (χ0n) is 7.49.